The average Bonchev–Trinajstić information content (AvgIpc) is 2.87. The van der Waals surface area contributed by atoms with E-state index in [0.29, 0.717) is 27.2 Å². The molecule has 0 radical (unpaired) electrons. The minimum absolute atomic E-state index is 0.00453. The van der Waals surface area contributed by atoms with E-state index in [-0.39, 0.29) is 38.8 Å². The number of halogens is 2. The van der Waals surface area contributed by atoms with Crippen molar-refractivity contribution in [2.45, 2.75) is 18.2 Å². The van der Waals surface area contributed by atoms with Crippen LogP contribution in [0.25, 0.3) is 10.8 Å². The van der Waals surface area contributed by atoms with Crippen LogP contribution in [0.2, 0.25) is 10.0 Å². The molecule has 0 atom stereocenters. The fourth-order valence-corrected chi connectivity index (χ4v) is 5.12. The summed E-state index contributed by atoms with van der Waals surface area (Å²) in [4.78, 5) is 12.8. The molecule has 3 N–H and O–H groups in total. The van der Waals surface area contributed by atoms with Crippen molar-refractivity contribution >= 4 is 67.1 Å². The Morgan fingerprint density at radius 1 is 1.05 bits per heavy atom. The molecule has 0 unspecified atom stereocenters. The Morgan fingerprint density at radius 3 is 2.47 bits per heavy atom. The molecule has 0 heterocycles. The number of carbonyl (C=O) groups is 1. The third kappa shape index (κ3) is 5.73. The molecule has 0 saturated heterocycles. The number of aryl methyl sites for hydroxylation is 1. The Bertz CT molecular complexity index is 1710. The molecule has 4 aromatic rings. The highest BCUT2D eigenvalue weighted by Crippen LogP contribution is 2.41. The number of ether oxygens (including phenoxy) is 1. The van der Waals surface area contributed by atoms with Crippen molar-refractivity contribution in [1.29, 1.82) is 0 Å². The molecule has 0 bridgehead atoms. The van der Waals surface area contributed by atoms with E-state index in [1.807, 2.05) is 0 Å². The Balaban J connectivity index is 1.79. The number of anilines is 1. The van der Waals surface area contributed by atoms with E-state index in [9.17, 15) is 22.9 Å². The van der Waals surface area contributed by atoms with Gasteiger partial charge in [-0.05, 0) is 47.7 Å². The number of methoxy groups -OCH3 is 1. The maximum atomic E-state index is 13.2. The lowest BCUT2D eigenvalue weighted by atomic mass is 10.0. The van der Waals surface area contributed by atoms with Crippen LogP contribution in [-0.2, 0) is 16.5 Å². The van der Waals surface area contributed by atoms with Crippen molar-refractivity contribution in [3.63, 3.8) is 0 Å². The summed E-state index contributed by atoms with van der Waals surface area (Å²) >= 11 is 12.3. The quantitative estimate of drug-likeness (QED) is 0.156. The second-order valence-corrected chi connectivity index (χ2v) is 10.3. The van der Waals surface area contributed by atoms with Gasteiger partial charge in [-0.15, -0.1) is 10.2 Å². The summed E-state index contributed by atoms with van der Waals surface area (Å²) in [7, 11) is -3.03. The molecule has 12 heteroatoms. The highest BCUT2D eigenvalue weighted by molar-refractivity contribution is 7.85. The number of rotatable bonds is 7. The molecule has 0 spiro atoms. The van der Waals surface area contributed by atoms with Crippen molar-refractivity contribution in [3.05, 3.63) is 81.8 Å². The predicted octanol–water partition coefficient (Wildman–Crippen LogP) is 7.34. The highest BCUT2D eigenvalue weighted by Gasteiger charge is 2.20. The van der Waals surface area contributed by atoms with E-state index >= 15 is 0 Å². The molecule has 0 saturated carbocycles. The fraction of sp³-hybridized carbons (Fsp3) is 0.115. The average molecular weight is 574 g/mol. The number of phenols is 1. The third-order valence-corrected chi connectivity index (χ3v) is 7.11. The summed E-state index contributed by atoms with van der Waals surface area (Å²) in [6.45, 7) is 1.70. The van der Waals surface area contributed by atoms with Crippen LogP contribution in [0.4, 0.5) is 17.1 Å². The van der Waals surface area contributed by atoms with Gasteiger partial charge in [0, 0.05) is 22.2 Å². The van der Waals surface area contributed by atoms with Crippen LogP contribution in [-0.4, -0.2) is 31.1 Å². The number of nitrogens with zero attached hydrogens (tertiary/aromatic N) is 2. The molecule has 4 rings (SSSR count). The molecule has 196 valence electrons. The van der Waals surface area contributed by atoms with E-state index in [1.165, 1.54) is 25.3 Å². The van der Waals surface area contributed by atoms with Crippen LogP contribution < -0.4 is 10.1 Å². The van der Waals surface area contributed by atoms with Crippen molar-refractivity contribution in [1.82, 2.24) is 0 Å². The number of amides is 1. The van der Waals surface area contributed by atoms with Gasteiger partial charge in [-0.2, -0.15) is 8.42 Å². The number of hydrogen-bond acceptors (Lipinski definition) is 7. The number of hydrogen-bond donors (Lipinski definition) is 3. The maximum Gasteiger partial charge on any atom is 0.294 e. The SMILES string of the molecule is CCc1cc(N=Nc2c(O)c(C(=O)Nc3cc(Cl)cc(OC)c3)cc3ccccc23)c(Cl)cc1S(=O)(=O)O. The van der Waals surface area contributed by atoms with Gasteiger partial charge in [0.05, 0.1) is 22.6 Å². The first-order chi connectivity index (χ1) is 18.0. The van der Waals surface area contributed by atoms with Crippen molar-refractivity contribution < 1.29 is 27.6 Å². The molecule has 0 fully saturated rings. The van der Waals surface area contributed by atoms with Gasteiger partial charge in [0.1, 0.15) is 17.1 Å². The van der Waals surface area contributed by atoms with Crippen LogP contribution in [0.3, 0.4) is 0 Å². The van der Waals surface area contributed by atoms with Gasteiger partial charge in [-0.1, -0.05) is 54.4 Å². The lowest BCUT2D eigenvalue weighted by molar-refractivity contribution is 0.102. The Hall–Kier alpha value is -3.70. The second-order valence-electron chi connectivity index (χ2n) is 8.12. The minimum atomic E-state index is -4.49. The van der Waals surface area contributed by atoms with Gasteiger partial charge in [0.25, 0.3) is 16.0 Å². The van der Waals surface area contributed by atoms with E-state index in [2.05, 4.69) is 15.5 Å². The van der Waals surface area contributed by atoms with E-state index in [4.69, 9.17) is 27.9 Å². The van der Waals surface area contributed by atoms with Crippen LogP contribution >= 0.6 is 23.2 Å². The number of azo groups is 1. The molecule has 4 aromatic carbocycles. The van der Waals surface area contributed by atoms with Gasteiger partial charge in [-0.3, -0.25) is 9.35 Å². The van der Waals surface area contributed by atoms with Crippen molar-refractivity contribution in [3.8, 4) is 11.5 Å². The zero-order valence-corrected chi connectivity index (χ0v) is 22.4. The zero-order valence-electron chi connectivity index (χ0n) is 20.1. The molecular weight excluding hydrogens is 553 g/mol. The second kappa shape index (κ2) is 11.0. The third-order valence-electron chi connectivity index (χ3n) is 5.65. The van der Waals surface area contributed by atoms with Gasteiger partial charge < -0.3 is 15.2 Å². The van der Waals surface area contributed by atoms with Crippen molar-refractivity contribution in [2.75, 3.05) is 12.4 Å². The molecule has 1 amide bonds. The number of fused-ring (bicyclic) bond motifs is 1. The van der Waals surface area contributed by atoms with Crippen LogP contribution in [0.5, 0.6) is 11.5 Å². The van der Waals surface area contributed by atoms with Crippen LogP contribution in [0.1, 0.15) is 22.8 Å². The van der Waals surface area contributed by atoms with Gasteiger partial charge in [0.15, 0.2) is 5.75 Å². The monoisotopic (exact) mass is 573 g/mol. The lowest BCUT2D eigenvalue weighted by Gasteiger charge is -2.12. The highest BCUT2D eigenvalue weighted by atomic mass is 35.5. The first-order valence-corrected chi connectivity index (χ1v) is 13.3. The molecule has 0 aliphatic carbocycles. The normalized spacial score (nSPS) is 11.7. The number of nitrogens with one attached hydrogen (secondary N) is 1. The van der Waals surface area contributed by atoms with E-state index < -0.39 is 21.8 Å². The largest absolute Gasteiger partial charge is 0.505 e. The predicted molar refractivity (Wildman–Crippen MR) is 146 cm³/mol. The number of carbonyl (C=O) groups excluding carboxylic acids is 1. The summed E-state index contributed by atoms with van der Waals surface area (Å²) in [6.07, 6.45) is 0.271. The molecule has 0 aliphatic rings. The van der Waals surface area contributed by atoms with Crippen LogP contribution in [0, 0.1) is 0 Å². The zero-order chi connectivity index (χ0) is 27.6. The number of benzene rings is 4. The lowest BCUT2D eigenvalue weighted by Crippen LogP contribution is -2.12. The topological polar surface area (TPSA) is 138 Å². The maximum absolute atomic E-state index is 13.2. The van der Waals surface area contributed by atoms with Gasteiger partial charge in [-0.25, -0.2) is 0 Å². The summed E-state index contributed by atoms with van der Waals surface area (Å²) in [5, 5.41) is 23.5. The summed E-state index contributed by atoms with van der Waals surface area (Å²) in [5.74, 6) is -0.619. The molecule has 0 aromatic heterocycles. The summed E-state index contributed by atoms with van der Waals surface area (Å²) in [6, 6.07) is 15.6. The Labute approximate surface area is 228 Å². The van der Waals surface area contributed by atoms with Gasteiger partial charge in [0.2, 0.25) is 0 Å². The first kappa shape index (κ1) is 27.3. The molecular formula is C26H21Cl2N3O6S. The summed E-state index contributed by atoms with van der Waals surface area (Å²) in [5.41, 5.74) is 0.682. The van der Waals surface area contributed by atoms with E-state index in [1.54, 1.807) is 43.3 Å². The van der Waals surface area contributed by atoms with Crippen molar-refractivity contribution in [2.24, 2.45) is 10.2 Å². The molecule has 0 aliphatic heterocycles. The standard InChI is InChI=1S/C26H21Cl2N3O6S/c1-3-14-9-22(21(28)13-23(14)38(34,35)36)30-31-24-19-7-5-4-6-15(19)8-20(25(24)32)26(33)29-17-10-16(27)11-18(12-17)37-2/h4-13,32H,3H2,1-2H3,(H,29,33)(H,34,35,36). The fourth-order valence-electron chi connectivity index (χ4n) is 3.83. The summed E-state index contributed by atoms with van der Waals surface area (Å²) < 4.78 is 38.0. The number of aromatic hydroxyl groups is 1. The molecule has 38 heavy (non-hydrogen) atoms. The molecule has 9 nitrogen and oxygen atoms in total. The van der Waals surface area contributed by atoms with Crippen LogP contribution in [0.15, 0.2) is 75.8 Å². The van der Waals surface area contributed by atoms with E-state index in [0.717, 1.165) is 6.07 Å². The Morgan fingerprint density at radius 2 is 1.79 bits per heavy atom. The Kier molecular flexibility index (Phi) is 7.89. The smallest absolute Gasteiger partial charge is 0.294 e. The van der Waals surface area contributed by atoms with Gasteiger partial charge >= 0.3 is 0 Å². The number of phenolic OH excluding ortho intramolecular Hbond substituents is 1. The minimum Gasteiger partial charge on any atom is -0.505 e. The first-order valence-electron chi connectivity index (χ1n) is 11.1.